The number of nitrogens with zero attached hydrogens (tertiary/aromatic N) is 1. The molecule has 1 N–H and O–H groups in total. The molecule has 18 heavy (non-hydrogen) atoms. The first-order valence-corrected chi connectivity index (χ1v) is 7.29. The summed E-state index contributed by atoms with van der Waals surface area (Å²) in [6, 6.07) is 5.28. The Bertz CT molecular complexity index is 406. The van der Waals surface area contributed by atoms with E-state index in [4.69, 9.17) is 11.6 Å². The summed E-state index contributed by atoms with van der Waals surface area (Å²) in [7, 11) is 0. The SMILES string of the molecule is C=CC[C@H](N[S@@+]([O-])C(C)(C)C)c1cccc(Cl)n1. The zero-order chi connectivity index (χ0) is 13.8. The minimum absolute atomic E-state index is 0.138. The van der Waals surface area contributed by atoms with Crippen LogP contribution < -0.4 is 4.72 Å². The van der Waals surface area contributed by atoms with Crippen LogP contribution in [0.3, 0.4) is 0 Å². The van der Waals surface area contributed by atoms with Crippen LogP contribution in [0.25, 0.3) is 0 Å². The molecule has 0 aliphatic heterocycles. The summed E-state index contributed by atoms with van der Waals surface area (Å²) in [6.45, 7) is 9.49. The fourth-order valence-electron chi connectivity index (χ4n) is 1.32. The molecule has 100 valence electrons. The number of hydrogen-bond acceptors (Lipinski definition) is 3. The molecule has 1 aromatic heterocycles. The van der Waals surface area contributed by atoms with Gasteiger partial charge < -0.3 is 4.55 Å². The van der Waals surface area contributed by atoms with Crippen molar-refractivity contribution in [3.8, 4) is 0 Å². The second kappa shape index (κ2) is 6.57. The van der Waals surface area contributed by atoms with Crippen LogP contribution in [0, 0.1) is 0 Å². The molecular formula is C13H19ClN2OS. The highest BCUT2D eigenvalue weighted by molar-refractivity contribution is 7.90. The molecule has 5 heteroatoms. The van der Waals surface area contributed by atoms with Crippen molar-refractivity contribution in [3.05, 3.63) is 41.7 Å². The first-order chi connectivity index (χ1) is 8.34. The Labute approximate surface area is 117 Å². The van der Waals surface area contributed by atoms with Crippen molar-refractivity contribution in [1.29, 1.82) is 0 Å². The van der Waals surface area contributed by atoms with Crippen molar-refractivity contribution in [2.24, 2.45) is 0 Å². The van der Waals surface area contributed by atoms with Gasteiger partial charge in [-0.3, -0.25) is 0 Å². The lowest BCUT2D eigenvalue weighted by Crippen LogP contribution is -2.41. The van der Waals surface area contributed by atoms with Gasteiger partial charge in [-0.2, -0.15) is 0 Å². The van der Waals surface area contributed by atoms with Gasteiger partial charge in [-0.1, -0.05) is 23.7 Å². The van der Waals surface area contributed by atoms with Crippen molar-refractivity contribution in [3.63, 3.8) is 0 Å². The Hall–Kier alpha value is -0.550. The van der Waals surface area contributed by atoms with Gasteiger partial charge in [0.15, 0.2) is 0 Å². The zero-order valence-electron chi connectivity index (χ0n) is 10.9. The van der Waals surface area contributed by atoms with Gasteiger partial charge in [-0.25, -0.2) is 4.98 Å². The fourth-order valence-corrected chi connectivity index (χ4v) is 2.32. The molecule has 0 aromatic carbocycles. The predicted octanol–water partition coefficient (Wildman–Crippen LogP) is 3.40. The maximum absolute atomic E-state index is 12.1. The molecule has 0 aliphatic rings. The second-order valence-electron chi connectivity index (χ2n) is 4.96. The summed E-state index contributed by atoms with van der Waals surface area (Å²) in [5.74, 6) is 0. The average Bonchev–Trinajstić information content (AvgIpc) is 2.27. The van der Waals surface area contributed by atoms with E-state index in [1.54, 1.807) is 12.1 Å². The Morgan fingerprint density at radius 3 is 2.72 bits per heavy atom. The van der Waals surface area contributed by atoms with Crippen LogP contribution in [0.15, 0.2) is 30.9 Å². The predicted molar refractivity (Wildman–Crippen MR) is 77.8 cm³/mol. The molecule has 0 unspecified atom stereocenters. The van der Waals surface area contributed by atoms with Gasteiger partial charge in [0.25, 0.3) is 0 Å². The first kappa shape index (κ1) is 15.5. The van der Waals surface area contributed by atoms with Crippen molar-refractivity contribution < 1.29 is 4.55 Å². The van der Waals surface area contributed by atoms with E-state index in [0.717, 1.165) is 5.69 Å². The summed E-state index contributed by atoms with van der Waals surface area (Å²) in [5, 5.41) is 0.435. The van der Waals surface area contributed by atoms with E-state index in [0.29, 0.717) is 11.6 Å². The van der Waals surface area contributed by atoms with Crippen molar-refractivity contribution >= 4 is 23.0 Å². The highest BCUT2D eigenvalue weighted by atomic mass is 35.5. The van der Waals surface area contributed by atoms with Crippen molar-refractivity contribution in [1.82, 2.24) is 9.71 Å². The maximum atomic E-state index is 12.1. The third kappa shape index (κ3) is 4.61. The van der Waals surface area contributed by atoms with Gasteiger partial charge in [-0.05, 0) is 39.3 Å². The summed E-state index contributed by atoms with van der Waals surface area (Å²) >= 11 is 4.72. The number of halogens is 1. The Kier molecular flexibility index (Phi) is 5.66. The fraction of sp³-hybridized carbons (Fsp3) is 0.462. The van der Waals surface area contributed by atoms with E-state index in [1.165, 1.54) is 0 Å². The summed E-state index contributed by atoms with van der Waals surface area (Å²) in [4.78, 5) is 4.25. The minimum atomic E-state index is -1.16. The van der Waals surface area contributed by atoms with E-state index in [1.807, 2.05) is 32.9 Å². The van der Waals surface area contributed by atoms with Crippen LogP contribution in [-0.4, -0.2) is 14.3 Å². The lowest BCUT2D eigenvalue weighted by atomic mass is 10.1. The monoisotopic (exact) mass is 286 g/mol. The molecule has 0 saturated carbocycles. The van der Waals surface area contributed by atoms with E-state index in [-0.39, 0.29) is 10.8 Å². The highest BCUT2D eigenvalue weighted by Gasteiger charge is 2.29. The molecule has 2 atom stereocenters. The standard InChI is InChI=1S/C13H19ClN2OS/c1-5-7-11(16-18(17)13(2,3)4)10-8-6-9-12(14)15-10/h5-6,8-9,11,16H,1,7H2,2-4H3/t11-,18-/m0/s1. The van der Waals surface area contributed by atoms with E-state index in [2.05, 4.69) is 16.3 Å². The van der Waals surface area contributed by atoms with Gasteiger partial charge in [0.05, 0.1) is 11.7 Å². The van der Waals surface area contributed by atoms with Gasteiger partial charge in [-0.15, -0.1) is 11.3 Å². The third-order valence-electron chi connectivity index (χ3n) is 2.30. The van der Waals surface area contributed by atoms with Crippen LogP contribution in [-0.2, 0) is 11.4 Å². The zero-order valence-corrected chi connectivity index (χ0v) is 12.5. The maximum Gasteiger partial charge on any atom is 0.136 e. The molecule has 0 bridgehead atoms. The molecule has 0 radical (unpaired) electrons. The summed E-state index contributed by atoms with van der Waals surface area (Å²) < 4.78 is 14.9. The van der Waals surface area contributed by atoms with Gasteiger partial charge in [0.1, 0.15) is 9.90 Å². The normalized spacial score (nSPS) is 15.2. The molecule has 0 aliphatic carbocycles. The Balaban J connectivity index is 2.86. The minimum Gasteiger partial charge on any atom is -0.598 e. The molecule has 0 spiro atoms. The number of nitrogens with one attached hydrogen (secondary N) is 1. The lowest BCUT2D eigenvalue weighted by Gasteiger charge is -2.27. The lowest BCUT2D eigenvalue weighted by molar-refractivity contribution is 0.521. The smallest absolute Gasteiger partial charge is 0.136 e. The molecule has 1 heterocycles. The third-order valence-corrected chi connectivity index (χ3v) is 4.12. The molecule has 0 saturated heterocycles. The number of aromatic nitrogens is 1. The average molecular weight is 287 g/mol. The number of rotatable bonds is 5. The van der Waals surface area contributed by atoms with Crippen LogP contribution in [0.1, 0.15) is 38.9 Å². The Morgan fingerprint density at radius 1 is 1.56 bits per heavy atom. The second-order valence-corrected chi connectivity index (χ2v) is 7.35. The van der Waals surface area contributed by atoms with Crippen molar-refractivity contribution in [2.45, 2.75) is 38.0 Å². The van der Waals surface area contributed by atoms with E-state index >= 15 is 0 Å². The number of hydrogen-bond donors (Lipinski definition) is 1. The Morgan fingerprint density at radius 2 is 2.22 bits per heavy atom. The van der Waals surface area contributed by atoms with E-state index in [9.17, 15) is 4.55 Å². The number of pyridine rings is 1. The van der Waals surface area contributed by atoms with Gasteiger partial charge in [0.2, 0.25) is 0 Å². The van der Waals surface area contributed by atoms with Crippen LogP contribution in [0.5, 0.6) is 0 Å². The molecule has 3 nitrogen and oxygen atoms in total. The first-order valence-electron chi connectivity index (χ1n) is 5.76. The van der Waals surface area contributed by atoms with Crippen LogP contribution >= 0.6 is 11.6 Å². The molecule has 1 aromatic rings. The van der Waals surface area contributed by atoms with Crippen LogP contribution in [0.4, 0.5) is 0 Å². The summed E-state index contributed by atoms with van der Waals surface area (Å²) in [5.41, 5.74) is 0.778. The topological polar surface area (TPSA) is 48.0 Å². The van der Waals surface area contributed by atoms with Gasteiger partial charge in [0, 0.05) is 11.4 Å². The van der Waals surface area contributed by atoms with Crippen LogP contribution in [0.2, 0.25) is 5.15 Å². The highest BCUT2D eigenvalue weighted by Crippen LogP contribution is 2.22. The molecule has 0 fully saturated rings. The van der Waals surface area contributed by atoms with Gasteiger partial charge >= 0.3 is 0 Å². The quantitative estimate of drug-likeness (QED) is 0.513. The summed E-state index contributed by atoms with van der Waals surface area (Å²) in [6.07, 6.45) is 2.43. The molecular weight excluding hydrogens is 268 g/mol. The molecule has 1 rings (SSSR count). The van der Waals surface area contributed by atoms with E-state index < -0.39 is 11.4 Å². The molecule has 0 amide bonds. The van der Waals surface area contributed by atoms with Crippen molar-refractivity contribution in [2.75, 3.05) is 0 Å². The largest absolute Gasteiger partial charge is 0.598 e.